The van der Waals surface area contributed by atoms with Crippen molar-refractivity contribution in [2.75, 3.05) is 4.90 Å². The van der Waals surface area contributed by atoms with Crippen molar-refractivity contribution in [1.82, 2.24) is 9.97 Å². The maximum Gasteiger partial charge on any atom is 0.0994 e. The number of rotatable bonds is 1. The van der Waals surface area contributed by atoms with Gasteiger partial charge in [0.05, 0.1) is 39.5 Å². The van der Waals surface area contributed by atoms with Crippen molar-refractivity contribution in [2.45, 2.75) is 0 Å². The molecule has 0 fully saturated rings. The van der Waals surface area contributed by atoms with Gasteiger partial charge in [-0.3, -0.25) is 0 Å². The number of anilines is 3. The molecule has 8 rings (SSSR count). The van der Waals surface area contributed by atoms with E-state index in [1.807, 2.05) is 24.3 Å². The van der Waals surface area contributed by atoms with Crippen LogP contribution in [0, 0.1) is 0 Å². The van der Waals surface area contributed by atoms with Crippen LogP contribution in [0.5, 0.6) is 0 Å². The van der Waals surface area contributed by atoms with Gasteiger partial charge in [0.15, 0.2) is 0 Å². The van der Waals surface area contributed by atoms with Crippen LogP contribution in [0.15, 0.2) is 127 Å². The van der Waals surface area contributed by atoms with Gasteiger partial charge < -0.3 is 4.90 Å². The average Bonchev–Trinajstić information content (AvgIpc) is 3.07. The molecule has 3 nitrogen and oxygen atoms in total. The molecule has 0 aliphatic carbocycles. The van der Waals surface area contributed by atoms with Crippen LogP contribution in [0.3, 0.4) is 0 Å². The third-order valence-electron chi connectivity index (χ3n) is 7.34. The van der Waals surface area contributed by atoms with Gasteiger partial charge in [0, 0.05) is 21.9 Å². The number of benzene rings is 6. The first kappa shape index (κ1) is 20.2. The summed E-state index contributed by atoms with van der Waals surface area (Å²) in [4.78, 5) is 12.8. The minimum atomic E-state index is 0.901. The molecule has 0 unspecified atom stereocenters. The van der Waals surface area contributed by atoms with Crippen LogP contribution in [0.2, 0.25) is 0 Å². The fourth-order valence-electron chi connectivity index (χ4n) is 5.71. The molecule has 0 saturated heterocycles. The zero-order valence-electron chi connectivity index (χ0n) is 20.0. The zero-order valence-corrected chi connectivity index (χ0v) is 20.0. The van der Waals surface area contributed by atoms with Crippen molar-refractivity contribution in [3.05, 3.63) is 127 Å². The van der Waals surface area contributed by atoms with Crippen LogP contribution in [-0.2, 0) is 0 Å². The van der Waals surface area contributed by atoms with Gasteiger partial charge in [-0.15, -0.1) is 0 Å². The molecule has 0 bridgehead atoms. The fourth-order valence-corrected chi connectivity index (χ4v) is 5.71. The largest absolute Gasteiger partial charge is 0.308 e. The highest BCUT2D eigenvalue weighted by Crippen LogP contribution is 2.52. The molecule has 0 saturated carbocycles. The van der Waals surface area contributed by atoms with E-state index in [4.69, 9.17) is 9.97 Å². The lowest BCUT2D eigenvalue weighted by atomic mass is 9.98. The maximum absolute atomic E-state index is 5.18. The van der Waals surface area contributed by atoms with E-state index in [0.29, 0.717) is 0 Å². The van der Waals surface area contributed by atoms with Crippen LogP contribution < -0.4 is 4.90 Å². The van der Waals surface area contributed by atoms with Gasteiger partial charge >= 0.3 is 0 Å². The number of aromatic nitrogens is 2. The Kier molecular flexibility index (Phi) is 4.23. The first-order chi connectivity index (χ1) is 18.4. The van der Waals surface area contributed by atoms with Crippen molar-refractivity contribution in [3.8, 4) is 22.5 Å². The molecule has 1 aromatic heterocycles. The van der Waals surface area contributed by atoms with Crippen LogP contribution in [-0.4, -0.2) is 9.97 Å². The number of para-hydroxylation sites is 4. The topological polar surface area (TPSA) is 29.0 Å². The molecular weight excluding hydrogens is 450 g/mol. The maximum atomic E-state index is 5.18. The summed E-state index contributed by atoms with van der Waals surface area (Å²) in [6, 6.07) is 44.9. The van der Waals surface area contributed by atoms with Gasteiger partial charge in [0.1, 0.15) is 0 Å². The predicted molar refractivity (Wildman–Crippen MR) is 154 cm³/mol. The Labute approximate surface area is 214 Å². The molecule has 172 valence electrons. The summed E-state index contributed by atoms with van der Waals surface area (Å²) in [5.74, 6) is 0. The van der Waals surface area contributed by atoms with Crippen molar-refractivity contribution in [1.29, 1.82) is 0 Å². The second-order valence-electron chi connectivity index (χ2n) is 9.45. The lowest BCUT2D eigenvalue weighted by Crippen LogP contribution is -2.12. The highest BCUT2D eigenvalue weighted by atomic mass is 15.2. The molecule has 37 heavy (non-hydrogen) atoms. The van der Waals surface area contributed by atoms with Gasteiger partial charge in [-0.2, -0.15) is 0 Å². The molecule has 0 amide bonds. The first-order valence-electron chi connectivity index (χ1n) is 12.5. The quantitative estimate of drug-likeness (QED) is 0.224. The van der Waals surface area contributed by atoms with Gasteiger partial charge in [0.25, 0.3) is 0 Å². The lowest BCUT2D eigenvalue weighted by Gasteiger charge is -2.29. The van der Waals surface area contributed by atoms with E-state index in [0.717, 1.165) is 44.9 Å². The van der Waals surface area contributed by atoms with Crippen molar-refractivity contribution >= 4 is 49.6 Å². The first-order valence-corrected chi connectivity index (χ1v) is 12.5. The summed E-state index contributed by atoms with van der Waals surface area (Å²) in [5, 5.41) is 4.86. The smallest absolute Gasteiger partial charge is 0.0994 e. The molecule has 0 N–H and O–H groups in total. The minimum Gasteiger partial charge on any atom is -0.308 e. The Morgan fingerprint density at radius 3 is 1.41 bits per heavy atom. The summed E-state index contributed by atoms with van der Waals surface area (Å²) in [5.41, 5.74) is 9.14. The lowest BCUT2D eigenvalue weighted by molar-refractivity contribution is 1.30. The number of hydrogen-bond donors (Lipinski definition) is 0. The molecule has 0 radical (unpaired) electrons. The summed E-state index contributed by atoms with van der Waals surface area (Å²) in [6.07, 6.45) is 0. The van der Waals surface area contributed by atoms with Gasteiger partial charge in [0.2, 0.25) is 0 Å². The third kappa shape index (κ3) is 2.95. The number of hydrogen-bond acceptors (Lipinski definition) is 3. The van der Waals surface area contributed by atoms with E-state index in [-0.39, 0.29) is 0 Å². The summed E-state index contributed by atoms with van der Waals surface area (Å²) < 4.78 is 0. The van der Waals surface area contributed by atoms with Crippen LogP contribution >= 0.6 is 0 Å². The third-order valence-corrected chi connectivity index (χ3v) is 7.34. The fraction of sp³-hybridized carbons (Fsp3) is 0. The molecule has 1 aliphatic rings. The Morgan fingerprint density at radius 2 is 0.865 bits per heavy atom. The summed E-state index contributed by atoms with van der Waals surface area (Å²) in [7, 11) is 0. The van der Waals surface area contributed by atoms with Crippen molar-refractivity contribution < 1.29 is 0 Å². The van der Waals surface area contributed by atoms with E-state index in [1.165, 1.54) is 27.2 Å². The van der Waals surface area contributed by atoms with Crippen LogP contribution in [0.25, 0.3) is 55.1 Å². The zero-order chi connectivity index (χ0) is 24.3. The summed E-state index contributed by atoms with van der Waals surface area (Å²) >= 11 is 0. The molecule has 0 spiro atoms. The number of nitrogens with zero attached hydrogens (tertiary/aromatic N) is 3. The molecule has 2 heterocycles. The molecule has 1 aliphatic heterocycles. The average molecular weight is 472 g/mol. The van der Waals surface area contributed by atoms with Gasteiger partial charge in [-0.05, 0) is 41.1 Å². The van der Waals surface area contributed by atoms with E-state index in [1.54, 1.807) is 0 Å². The van der Waals surface area contributed by atoms with E-state index < -0.39 is 0 Å². The van der Waals surface area contributed by atoms with Gasteiger partial charge in [-0.25, -0.2) is 9.97 Å². The number of fused-ring (bicyclic) bond motifs is 8. The normalized spacial score (nSPS) is 12.3. The monoisotopic (exact) mass is 471 g/mol. The Morgan fingerprint density at radius 1 is 0.432 bits per heavy atom. The predicted octanol–water partition coefficient (Wildman–Crippen LogP) is 9.05. The Hall–Kier alpha value is -5.02. The molecule has 7 aromatic rings. The molecular formula is C34H21N3. The highest BCUT2D eigenvalue weighted by Gasteiger charge is 2.29. The van der Waals surface area contributed by atoms with E-state index in [2.05, 4.69) is 108 Å². The van der Waals surface area contributed by atoms with Crippen molar-refractivity contribution in [3.63, 3.8) is 0 Å². The Bertz CT molecular complexity index is 1870. The standard InChI is InChI=1S/C34H21N3/c1-3-13-24-22(11-1)21-23-12-2-4-14-25(23)34(24)37-30-19-9-5-15-26(30)32-33(27-16-6-10-20-31(27)37)36-29-18-8-7-17-28(29)35-32/h1-21H. The molecule has 0 atom stereocenters. The minimum absolute atomic E-state index is 0.901. The van der Waals surface area contributed by atoms with Crippen molar-refractivity contribution in [2.24, 2.45) is 0 Å². The molecule has 6 aromatic carbocycles. The molecule has 3 heteroatoms. The SMILES string of the molecule is c1ccc2c(c1)-c1nc3ccccc3nc1-c1ccccc1N2c1c2ccccc2cc2ccccc12. The Balaban J connectivity index is 1.57. The van der Waals surface area contributed by atoms with E-state index in [9.17, 15) is 0 Å². The van der Waals surface area contributed by atoms with E-state index >= 15 is 0 Å². The second kappa shape index (κ2) is 7.74. The second-order valence-corrected chi connectivity index (χ2v) is 9.45. The van der Waals surface area contributed by atoms with Crippen LogP contribution in [0.4, 0.5) is 17.1 Å². The highest BCUT2D eigenvalue weighted by molar-refractivity contribution is 6.16. The van der Waals surface area contributed by atoms with Crippen LogP contribution in [0.1, 0.15) is 0 Å². The van der Waals surface area contributed by atoms with Gasteiger partial charge in [-0.1, -0.05) is 97.1 Å². The summed E-state index contributed by atoms with van der Waals surface area (Å²) in [6.45, 7) is 0.